The number of benzene rings is 1. The zero-order valence-corrected chi connectivity index (χ0v) is 12.5. The molecule has 102 valence electrons. The minimum absolute atomic E-state index is 0.00715. The SMILES string of the molecule is Cc1ccc(C(C)(C)CCNC(C)(C)C)cc1F. The molecule has 0 fully saturated rings. The molecule has 0 atom stereocenters. The minimum atomic E-state index is -0.107. The Balaban J connectivity index is 2.70. The average molecular weight is 251 g/mol. The first kappa shape index (κ1) is 15.2. The van der Waals surface area contributed by atoms with Gasteiger partial charge in [-0.1, -0.05) is 26.0 Å². The van der Waals surface area contributed by atoms with Gasteiger partial charge in [0, 0.05) is 5.54 Å². The number of aryl methyl sites for hydroxylation is 1. The highest BCUT2D eigenvalue weighted by molar-refractivity contribution is 5.28. The van der Waals surface area contributed by atoms with E-state index in [-0.39, 0.29) is 16.8 Å². The smallest absolute Gasteiger partial charge is 0.126 e. The largest absolute Gasteiger partial charge is 0.312 e. The van der Waals surface area contributed by atoms with E-state index in [0.717, 1.165) is 18.5 Å². The van der Waals surface area contributed by atoms with Crippen molar-refractivity contribution < 1.29 is 4.39 Å². The summed E-state index contributed by atoms with van der Waals surface area (Å²) in [5, 5.41) is 3.48. The van der Waals surface area contributed by atoms with E-state index < -0.39 is 0 Å². The minimum Gasteiger partial charge on any atom is -0.312 e. The fourth-order valence-electron chi connectivity index (χ4n) is 1.91. The third-order valence-corrected chi connectivity index (χ3v) is 3.36. The van der Waals surface area contributed by atoms with E-state index in [1.165, 1.54) is 0 Å². The molecule has 0 aliphatic carbocycles. The Bertz CT molecular complexity index is 402. The molecule has 1 aromatic carbocycles. The highest BCUT2D eigenvalue weighted by atomic mass is 19.1. The first-order chi connectivity index (χ1) is 8.12. The highest BCUT2D eigenvalue weighted by Crippen LogP contribution is 2.28. The number of hydrogen-bond donors (Lipinski definition) is 1. The third-order valence-electron chi connectivity index (χ3n) is 3.36. The van der Waals surface area contributed by atoms with Crippen molar-refractivity contribution in [1.29, 1.82) is 0 Å². The van der Waals surface area contributed by atoms with Gasteiger partial charge in [0.1, 0.15) is 5.82 Å². The molecule has 1 aromatic rings. The topological polar surface area (TPSA) is 12.0 Å². The molecule has 1 rings (SSSR count). The van der Waals surface area contributed by atoms with Crippen molar-refractivity contribution in [2.24, 2.45) is 0 Å². The summed E-state index contributed by atoms with van der Waals surface area (Å²) in [4.78, 5) is 0. The summed E-state index contributed by atoms with van der Waals surface area (Å²) in [6.07, 6.45) is 0.993. The second-order valence-electron chi connectivity index (χ2n) is 6.77. The summed E-state index contributed by atoms with van der Waals surface area (Å²) in [7, 11) is 0. The second-order valence-corrected chi connectivity index (χ2v) is 6.77. The van der Waals surface area contributed by atoms with Gasteiger partial charge in [0.2, 0.25) is 0 Å². The summed E-state index contributed by atoms with van der Waals surface area (Å²) < 4.78 is 13.6. The molecule has 0 aliphatic rings. The Morgan fingerprint density at radius 1 is 1.11 bits per heavy atom. The maximum atomic E-state index is 13.6. The standard InChI is InChI=1S/C16H26FN/c1-12-7-8-13(11-14(12)17)16(5,6)9-10-18-15(2,3)4/h7-8,11,18H,9-10H2,1-6H3. The van der Waals surface area contributed by atoms with Crippen LogP contribution in [0.25, 0.3) is 0 Å². The zero-order valence-electron chi connectivity index (χ0n) is 12.5. The van der Waals surface area contributed by atoms with Crippen LogP contribution in [-0.2, 0) is 5.41 Å². The monoisotopic (exact) mass is 251 g/mol. The summed E-state index contributed by atoms with van der Waals surface area (Å²) in [6, 6.07) is 5.57. The Morgan fingerprint density at radius 2 is 1.72 bits per heavy atom. The average Bonchev–Trinajstić information content (AvgIpc) is 2.19. The van der Waals surface area contributed by atoms with Gasteiger partial charge in [-0.2, -0.15) is 0 Å². The van der Waals surface area contributed by atoms with Gasteiger partial charge in [-0.3, -0.25) is 0 Å². The lowest BCUT2D eigenvalue weighted by Gasteiger charge is -2.28. The van der Waals surface area contributed by atoms with Gasteiger partial charge >= 0.3 is 0 Å². The molecule has 0 saturated carbocycles. The normalized spacial score (nSPS) is 12.8. The van der Waals surface area contributed by atoms with Crippen LogP contribution in [0.2, 0.25) is 0 Å². The van der Waals surface area contributed by atoms with Gasteiger partial charge in [-0.15, -0.1) is 0 Å². The Kier molecular flexibility index (Phi) is 4.55. The molecule has 0 heterocycles. The number of nitrogens with one attached hydrogen (secondary N) is 1. The summed E-state index contributed by atoms with van der Waals surface area (Å²) in [5.74, 6) is -0.107. The van der Waals surface area contributed by atoms with Gasteiger partial charge < -0.3 is 5.32 Å². The Labute approximate surface area is 111 Å². The van der Waals surface area contributed by atoms with Crippen LogP contribution < -0.4 is 5.32 Å². The molecule has 0 aromatic heterocycles. The van der Waals surface area contributed by atoms with Crippen molar-refractivity contribution in [1.82, 2.24) is 5.32 Å². The van der Waals surface area contributed by atoms with Gasteiger partial charge in [0.15, 0.2) is 0 Å². The molecule has 1 nitrogen and oxygen atoms in total. The van der Waals surface area contributed by atoms with Crippen LogP contribution in [0.5, 0.6) is 0 Å². The summed E-state index contributed by atoms with van der Waals surface area (Å²) in [5.41, 5.74) is 1.91. The van der Waals surface area contributed by atoms with Gasteiger partial charge in [-0.05, 0) is 63.3 Å². The fraction of sp³-hybridized carbons (Fsp3) is 0.625. The number of halogens is 1. The van der Waals surface area contributed by atoms with Crippen molar-refractivity contribution in [2.75, 3.05) is 6.54 Å². The molecule has 0 spiro atoms. The van der Waals surface area contributed by atoms with Crippen LogP contribution >= 0.6 is 0 Å². The van der Waals surface area contributed by atoms with Gasteiger partial charge in [0.25, 0.3) is 0 Å². The van der Waals surface area contributed by atoms with Crippen molar-refractivity contribution in [3.05, 3.63) is 35.1 Å². The first-order valence-corrected chi connectivity index (χ1v) is 6.63. The molecule has 2 heteroatoms. The van der Waals surface area contributed by atoms with Crippen LogP contribution in [0.1, 0.15) is 52.2 Å². The van der Waals surface area contributed by atoms with Crippen molar-refractivity contribution in [3.63, 3.8) is 0 Å². The van der Waals surface area contributed by atoms with Gasteiger partial charge in [0.05, 0.1) is 0 Å². The van der Waals surface area contributed by atoms with E-state index in [4.69, 9.17) is 0 Å². The van der Waals surface area contributed by atoms with E-state index >= 15 is 0 Å². The van der Waals surface area contributed by atoms with Crippen LogP contribution in [0.4, 0.5) is 4.39 Å². The number of rotatable bonds is 4. The van der Waals surface area contributed by atoms with Crippen molar-refractivity contribution >= 4 is 0 Å². The zero-order chi connectivity index (χ0) is 14.0. The molecule has 0 aliphatic heterocycles. The molecule has 0 unspecified atom stereocenters. The highest BCUT2D eigenvalue weighted by Gasteiger charge is 2.22. The lowest BCUT2D eigenvalue weighted by molar-refractivity contribution is 0.378. The van der Waals surface area contributed by atoms with Crippen molar-refractivity contribution in [3.8, 4) is 0 Å². The fourth-order valence-corrected chi connectivity index (χ4v) is 1.91. The Morgan fingerprint density at radius 3 is 2.22 bits per heavy atom. The predicted octanol–water partition coefficient (Wildman–Crippen LogP) is 4.19. The molecule has 0 bridgehead atoms. The molecule has 18 heavy (non-hydrogen) atoms. The maximum absolute atomic E-state index is 13.6. The van der Waals surface area contributed by atoms with Gasteiger partial charge in [-0.25, -0.2) is 4.39 Å². The molecular formula is C16H26FN. The number of hydrogen-bond acceptors (Lipinski definition) is 1. The van der Waals surface area contributed by atoms with E-state index in [9.17, 15) is 4.39 Å². The molecule has 0 saturated heterocycles. The van der Waals surface area contributed by atoms with E-state index in [0.29, 0.717) is 5.56 Å². The van der Waals surface area contributed by atoms with E-state index in [2.05, 4.69) is 39.9 Å². The first-order valence-electron chi connectivity index (χ1n) is 6.63. The summed E-state index contributed by atoms with van der Waals surface area (Å²) in [6.45, 7) is 13.5. The third kappa shape index (κ3) is 4.41. The molecule has 0 amide bonds. The van der Waals surface area contributed by atoms with E-state index in [1.54, 1.807) is 13.0 Å². The lowest BCUT2D eigenvalue weighted by Crippen LogP contribution is -2.38. The lowest BCUT2D eigenvalue weighted by atomic mass is 9.81. The van der Waals surface area contributed by atoms with Crippen LogP contribution in [-0.4, -0.2) is 12.1 Å². The van der Waals surface area contributed by atoms with Crippen LogP contribution in [0.3, 0.4) is 0 Å². The molecule has 0 radical (unpaired) electrons. The summed E-state index contributed by atoms with van der Waals surface area (Å²) >= 11 is 0. The second kappa shape index (κ2) is 5.40. The Hall–Kier alpha value is -0.890. The maximum Gasteiger partial charge on any atom is 0.126 e. The molecule has 1 N–H and O–H groups in total. The molecular weight excluding hydrogens is 225 g/mol. The van der Waals surface area contributed by atoms with Crippen molar-refractivity contribution in [2.45, 2.75) is 58.9 Å². The van der Waals surface area contributed by atoms with Crippen LogP contribution in [0.15, 0.2) is 18.2 Å². The van der Waals surface area contributed by atoms with E-state index in [1.807, 2.05) is 12.1 Å². The van der Waals surface area contributed by atoms with Crippen LogP contribution in [0, 0.1) is 12.7 Å². The quantitative estimate of drug-likeness (QED) is 0.846. The predicted molar refractivity (Wildman–Crippen MR) is 76.5 cm³/mol.